The molecule has 2 N–H and O–H groups in total. The van der Waals surface area contributed by atoms with Crippen molar-refractivity contribution < 1.29 is 21.6 Å². The molecule has 0 spiro atoms. The van der Waals surface area contributed by atoms with Gasteiger partial charge in [0.1, 0.15) is 0 Å². The largest absolute Gasteiger partial charge is 0.355 e. The van der Waals surface area contributed by atoms with Crippen LogP contribution < -0.4 is 14.3 Å². The lowest BCUT2D eigenvalue weighted by Crippen LogP contribution is -2.35. The van der Waals surface area contributed by atoms with Crippen LogP contribution in [-0.2, 0) is 31.3 Å². The Labute approximate surface area is 200 Å². The molecule has 10 heteroatoms. The summed E-state index contributed by atoms with van der Waals surface area (Å²) in [5, 5.41) is 2.68. The fourth-order valence-corrected chi connectivity index (χ4v) is 5.40. The number of aryl methyl sites for hydroxylation is 1. The maximum atomic E-state index is 12.7. The maximum absolute atomic E-state index is 12.7. The van der Waals surface area contributed by atoms with Crippen LogP contribution in [0.4, 0.5) is 5.69 Å². The van der Waals surface area contributed by atoms with Crippen molar-refractivity contribution in [1.82, 2.24) is 10.0 Å². The molecule has 3 aromatic rings. The van der Waals surface area contributed by atoms with Gasteiger partial charge in [0.25, 0.3) is 10.0 Å². The van der Waals surface area contributed by atoms with E-state index in [1.54, 1.807) is 54.6 Å². The minimum atomic E-state index is -3.68. The van der Waals surface area contributed by atoms with E-state index in [0.717, 1.165) is 5.56 Å². The van der Waals surface area contributed by atoms with Crippen molar-refractivity contribution in [3.63, 3.8) is 0 Å². The lowest BCUT2D eigenvalue weighted by molar-refractivity contribution is -0.120. The molecular formula is C24H27N3O5S2. The van der Waals surface area contributed by atoms with Crippen LogP contribution in [0.25, 0.3) is 0 Å². The average molecular weight is 502 g/mol. The third-order valence-corrected chi connectivity index (χ3v) is 8.41. The minimum Gasteiger partial charge on any atom is -0.355 e. The van der Waals surface area contributed by atoms with E-state index in [4.69, 9.17) is 0 Å². The van der Waals surface area contributed by atoms with Gasteiger partial charge in [-0.1, -0.05) is 48.0 Å². The number of carbonyl (C=O) groups excluding carboxylic acids is 1. The summed E-state index contributed by atoms with van der Waals surface area (Å²) in [6, 6.07) is 21.3. The molecule has 0 fully saturated rings. The lowest BCUT2D eigenvalue weighted by atomic mass is 10.1. The van der Waals surface area contributed by atoms with Crippen molar-refractivity contribution in [2.24, 2.45) is 0 Å². The van der Waals surface area contributed by atoms with Gasteiger partial charge >= 0.3 is 0 Å². The first-order valence-corrected chi connectivity index (χ1v) is 13.5. The molecule has 0 aliphatic heterocycles. The highest BCUT2D eigenvalue weighted by Crippen LogP contribution is 2.22. The Morgan fingerprint density at radius 1 is 0.794 bits per heavy atom. The molecule has 0 saturated heterocycles. The van der Waals surface area contributed by atoms with Gasteiger partial charge in [-0.05, 0) is 48.9 Å². The number of carbonyl (C=O) groups is 1. The zero-order chi connectivity index (χ0) is 24.8. The van der Waals surface area contributed by atoms with Crippen LogP contribution in [0.1, 0.15) is 11.1 Å². The predicted octanol–water partition coefficient (Wildman–Crippen LogP) is 2.46. The summed E-state index contributed by atoms with van der Waals surface area (Å²) in [5.74, 6) is -0.271. The summed E-state index contributed by atoms with van der Waals surface area (Å²) in [5.41, 5.74) is 2.13. The van der Waals surface area contributed by atoms with Crippen molar-refractivity contribution in [2.45, 2.75) is 23.1 Å². The SMILES string of the molecule is Cc1ccc(S(=O)(=O)NCCNC(=O)Cc2ccc(N(C)S(=O)(=O)c3ccccc3)cc2)cc1. The number of amides is 1. The zero-order valence-electron chi connectivity index (χ0n) is 18.9. The van der Waals surface area contributed by atoms with Gasteiger partial charge < -0.3 is 5.32 Å². The molecule has 0 radical (unpaired) electrons. The van der Waals surface area contributed by atoms with E-state index in [-0.39, 0.29) is 35.2 Å². The summed E-state index contributed by atoms with van der Waals surface area (Å²) in [6.45, 7) is 2.07. The standard InChI is InChI=1S/C24H27N3O5S2/c1-19-8-14-22(15-9-19)33(29,30)26-17-16-25-24(28)18-20-10-12-21(13-11-20)27(2)34(31,32)23-6-4-3-5-7-23/h3-15,26H,16-18H2,1-2H3,(H,25,28). The van der Waals surface area contributed by atoms with Crippen molar-refractivity contribution in [3.05, 3.63) is 90.0 Å². The molecule has 0 heterocycles. The second kappa shape index (κ2) is 10.8. The number of nitrogens with one attached hydrogen (secondary N) is 2. The van der Waals surface area contributed by atoms with Crippen LogP contribution in [0.15, 0.2) is 88.7 Å². The van der Waals surface area contributed by atoms with Gasteiger partial charge in [-0.3, -0.25) is 9.10 Å². The van der Waals surface area contributed by atoms with Crippen molar-refractivity contribution >= 4 is 31.6 Å². The number of rotatable bonds is 10. The number of nitrogens with zero attached hydrogens (tertiary/aromatic N) is 1. The summed E-state index contributed by atoms with van der Waals surface area (Å²) >= 11 is 0. The number of anilines is 1. The summed E-state index contributed by atoms with van der Waals surface area (Å²) < 4.78 is 53.6. The second-order valence-corrected chi connectivity index (χ2v) is 11.4. The molecule has 0 saturated carbocycles. The Bertz CT molecular complexity index is 1320. The first kappa shape index (κ1) is 25.4. The van der Waals surface area contributed by atoms with Gasteiger partial charge in [-0.2, -0.15) is 0 Å². The van der Waals surface area contributed by atoms with E-state index in [2.05, 4.69) is 10.0 Å². The predicted molar refractivity (Wildman–Crippen MR) is 132 cm³/mol. The Kier molecular flexibility index (Phi) is 8.08. The van der Waals surface area contributed by atoms with Crippen LogP contribution in [0, 0.1) is 6.92 Å². The third-order valence-electron chi connectivity index (χ3n) is 5.14. The Balaban J connectivity index is 1.49. The van der Waals surface area contributed by atoms with Gasteiger partial charge in [-0.15, -0.1) is 0 Å². The van der Waals surface area contributed by atoms with E-state index >= 15 is 0 Å². The first-order chi connectivity index (χ1) is 16.1. The van der Waals surface area contributed by atoms with E-state index in [0.29, 0.717) is 11.3 Å². The third kappa shape index (κ3) is 6.43. The lowest BCUT2D eigenvalue weighted by Gasteiger charge is -2.19. The quantitative estimate of drug-likeness (QED) is 0.415. The van der Waals surface area contributed by atoms with Gasteiger partial charge in [0, 0.05) is 20.1 Å². The van der Waals surface area contributed by atoms with E-state index in [1.807, 2.05) is 6.92 Å². The van der Waals surface area contributed by atoms with Crippen LogP contribution >= 0.6 is 0 Å². The first-order valence-electron chi connectivity index (χ1n) is 10.6. The molecule has 8 nitrogen and oxygen atoms in total. The van der Waals surface area contributed by atoms with E-state index in [1.165, 1.54) is 35.6 Å². The second-order valence-electron chi connectivity index (χ2n) is 7.69. The number of hydrogen-bond acceptors (Lipinski definition) is 5. The number of benzene rings is 3. The van der Waals surface area contributed by atoms with Crippen molar-refractivity contribution in [1.29, 1.82) is 0 Å². The van der Waals surface area contributed by atoms with Crippen molar-refractivity contribution in [3.8, 4) is 0 Å². The average Bonchev–Trinajstić information content (AvgIpc) is 2.83. The van der Waals surface area contributed by atoms with Crippen LogP contribution in [0.5, 0.6) is 0 Å². The molecule has 180 valence electrons. The highest BCUT2D eigenvalue weighted by atomic mass is 32.2. The van der Waals surface area contributed by atoms with Gasteiger partial charge in [-0.25, -0.2) is 21.6 Å². The molecule has 0 aromatic heterocycles. The molecule has 0 unspecified atom stereocenters. The molecule has 0 atom stereocenters. The molecule has 0 aliphatic carbocycles. The molecule has 34 heavy (non-hydrogen) atoms. The number of hydrogen-bond donors (Lipinski definition) is 2. The normalized spacial score (nSPS) is 11.7. The molecular weight excluding hydrogens is 474 g/mol. The fourth-order valence-electron chi connectivity index (χ4n) is 3.15. The monoisotopic (exact) mass is 501 g/mol. The molecule has 0 bridgehead atoms. The van der Waals surface area contributed by atoms with Crippen molar-refractivity contribution in [2.75, 3.05) is 24.4 Å². The Hall–Kier alpha value is -3.21. The fraction of sp³-hybridized carbons (Fsp3) is 0.208. The van der Waals surface area contributed by atoms with Gasteiger partial charge in [0.2, 0.25) is 15.9 Å². The zero-order valence-corrected chi connectivity index (χ0v) is 20.6. The van der Waals surface area contributed by atoms with Gasteiger partial charge in [0.05, 0.1) is 21.9 Å². The highest BCUT2D eigenvalue weighted by molar-refractivity contribution is 7.92. The number of sulfonamides is 2. The topological polar surface area (TPSA) is 113 Å². The maximum Gasteiger partial charge on any atom is 0.264 e. The Morgan fingerprint density at radius 2 is 1.41 bits per heavy atom. The van der Waals surface area contributed by atoms with Crippen LogP contribution in [-0.4, -0.2) is 42.9 Å². The van der Waals surface area contributed by atoms with Crippen LogP contribution in [0.2, 0.25) is 0 Å². The summed E-state index contributed by atoms with van der Waals surface area (Å²) in [4.78, 5) is 12.6. The summed E-state index contributed by atoms with van der Waals surface area (Å²) in [6.07, 6.45) is 0.0835. The van der Waals surface area contributed by atoms with Gasteiger partial charge in [0.15, 0.2) is 0 Å². The minimum absolute atomic E-state index is 0.0586. The van der Waals surface area contributed by atoms with E-state index in [9.17, 15) is 21.6 Å². The molecule has 0 aliphatic rings. The van der Waals surface area contributed by atoms with Crippen LogP contribution in [0.3, 0.4) is 0 Å². The smallest absolute Gasteiger partial charge is 0.264 e. The van der Waals surface area contributed by atoms with E-state index < -0.39 is 20.0 Å². The Morgan fingerprint density at radius 3 is 2.03 bits per heavy atom. The highest BCUT2D eigenvalue weighted by Gasteiger charge is 2.21. The summed E-state index contributed by atoms with van der Waals surface area (Å²) in [7, 11) is -5.84. The molecule has 3 rings (SSSR count). The molecule has 3 aromatic carbocycles. The molecule has 1 amide bonds.